The molecule has 0 aliphatic rings. The van der Waals surface area contributed by atoms with E-state index in [4.69, 9.17) is 16.3 Å². The van der Waals surface area contributed by atoms with Gasteiger partial charge in [0.2, 0.25) is 0 Å². The highest BCUT2D eigenvalue weighted by Gasteiger charge is 2.28. The standard InChI is InChI=1S/C17H16ClF3N2O3/c1-10(15-6-4-12(8-22-15)26-9-17(19,20)21)23-16(24)13-5-3-11(25-2)7-14(13)18/h3-8,10H,9H2,1-2H3,(H,23,24)/t10-/m1/s1. The van der Waals surface area contributed by atoms with Crippen molar-refractivity contribution >= 4 is 17.5 Å². The Hall–Kier alpha value is -2.48. The molecule has 5 nitrogen and oxygen atoms in total. The lowest BCUT2D eigenvalue weighted by Gasteiger charge is -2.15. The van der Waals surface area contributed by atoms with E-state index in [0.717, 1.165) is 0 Å². The summed E-state index contributed by atoms with van der Waals surface area (Å²) in [4.78, 5) is 16.3. The molecule has 1 N–H and O–H groups in total. The summed E-state index contributed by atoms with van der Waals surface area (Å²) in [5.41, 5.74) is 0.729. The number of rotatable bonds is 6. The van der Waals surface area contributed by atoms with Gasteiger partial charge in [0.1, 0.15) is 11.5 Å². The van der Waals surface area contributed by atoms with Crippen LogP contribution in [0.3, 0.4) is 0 Å². The van der Waals surface area contributed by atoms with Gasteiger partial charge in [-0.25, -0.2) is 0 Å². The first-order chi connectivity index (χ1) is 12.2. The first-order valence-electron chi connectivity index (χ1n) is 7.49. The van der Waals surface area contributed by atoms with E-state index in [1.807, 2.05) is 0 Å². The van der Waals surface area contributed by atoms with Gasteiger partial charge in [0.15, 0.2) is 6.61 Å². The van der Waals surface area contributed by atoms with Crippen LogP contribution in [0.2, 0.25) is 5.02 Å². The normalized spacial score (nSPS) is 12.4. The van der Waals surface area contributed by atoms with Gasteiger partial charge < -0.3 is 14.8 Å². The largest absolute Gasteiger partial charge is 0.497 e. The maximum Gasteiger partial charge on any atom is 0.422 e. The topological polar surface area (TPSA) is 60.5 Å². The Bertz CT molecular complexity index is 767. The molecule has 140 valence electrons. The number of methoxy groups -OCH3 is 1. The third-order valence-corrected chi connectivity index (χ3v) is 3.69. The summed E-state index contributed by atoms with van der Waals surface area (Å²) in [5, 5.41) is 2.95. The van der Waals surface area contributed by atoms with E-state index < -0.39 is 24.7 Å². The van der Waals surface area contributed by atoms with Gasteiger partial charge in [0.25, 0.3) is 5.91 Å². The van der Waals surface area contributed by atoms with Crippen LogP contribution in [-0.2, 0) is 0 Å². The summed E-state index contributed by atoms with van der Waals surface area (Å²) >= 11 is 6.06. The van der Waals surface area contributed by atoms with Gasteiger partial charge in [0, 0.05) is 0 Å². The smallest absolute Gasteiger partial charge is 0.422 e. The van der Waals surface area contributed by atoms with Gasteiger partial charge in [-0.15, -0.1) is 0 Å². The number of hydrogen-bond donors (Lipinski definition) is 1. The molecule has 0 fully saturated rings. The highest BCUT2D eigenvalue weighted by Crippen LogP contribution is 2.23. The Morgan fingerprint density at radius 1 is 1.27 bits per heavy atom. The molecule has 1 aromatic heterocycles. The first-order valence-corrected chi connectivity index (χ1v) is 7.87. The number of carbonyl (C=O) groups is 1. The number of hydrogen-bond acceptors (Lipinski definition) is 4. The molecule has 2 aromatic rings. The first kappa shape index (κ1) is 19.8. The number of alkyl halides is 3. The Labute approximate surface area is 153 Å². The summed E-state index contributed by atoms with van der Waals surface area (Å²) in [7, 11) is 1.49. The van der Waals surface area contributed by atoms with Gasteiger partial charge in [-0.05, 0) is 37.3 Å². The maximum atomic E-state index is 12.3. The molecule has 0 unspecified atom stereocenters. The predicted octanol–water partition coefficient (Wildman–Crippen LogP) is 4.18. The maximum absolute atomic E-state index is 12.3. The van der Waals surface area contributed by atoms with Crippen molar-refractivity contribution in [3.8, 4) is 11.5 Å². The second-order valence-corrected chi connectivity index (χ2v) is 5.77. The fraction of sp³-hybridized carbons (Fsp3) is 0.294. The van der Waals surface area contributed by atoms with Crippen LogP contribution in [0.4, 0.5) is 13.2 Å². The van der Waals surface area contributed by atoms with Crippen LogP contribution in [0.1, 0.15) is 29.0 Å². The number of halogens is 4. The molecular formula is C17H16ClF3N2O3. The molecule has 0 saturated heterocycles. The van der Waals surface area contributed by atoms with Crippen LogP contribution < -0.4 is 14.8 Å². The van der Waals surface area contributed by atoms with Crippen molar-refractivity contribution in [2.75, 3.05) is 13.7 Å². The number of aromatic nitrogens is 1. The van der Waals surface area contributed by atoms with Crippen molar-refractivity contribution in [3.63, 3.8) is 0 Å². The van der Waals surface area contributed by atoms with Crippen molar-refractivity contribution in [1.82, 2.24) is 10.3 Å². The van der Waals surface area contributed by atoms with Gasteiger partial charge >= 0.3 is 6.18 Å². The van der Waals surface area contributed by atoms with Crippen molar-refractivity contribution in [1.29, 1.82) is 0 Å². The molecule has 1 atom stereocenters. The van der Waals surface area contributed by atoms with Gasteiger partial charge in [-0.1, -0.05) is 11.6 Å². The van der Waals surface area contributed by atoms with E-state index in [-0.39, 0.29) is 16.3 Å². The average molecular weight is 389 g/mol. The van der Waals surface area contributed by atoms with Gasteiger partial charge in [0.05, 0.1) is 35.6 Å². The zero-order chi connectivity index (χ0) is 19.3. The highest BCUT2D eigenvalue weighted by atomic mass is 35.5. The summed E-state index contributed by atoms with van der Waals surface area (Å²) in [6.07, 6.45) is -3.25. The van der Waals surface area contributed by atoms with Crippen molar-refractivity contribution in [3.05, 3.63) is 52.8 Å². The number of nitrogens with zero attached hydrogens (tertiary/aromatic N) is 1. The molecule has 0 aliphatic heterocycles. The molecule has 26 heavy (non-hydrogen) atoms. The summed E-state index contributed by atoms with van der Waals surface area (Å²) in [5.74, 6) is 0.0999. The highest BCUT2D eigenvalue weighted by molar-refractivity contribution is 6.34. The predicted molar refractivity (Wildman–Crippen MR) is 89.7 cm³/mol. The molecule has 1 aromatic carbocycles. The van der Waals surface area contributed by atoms with E-state index in [9.17, 15) is 18.0 Å². The Kier molecular flexibility index (Phi) is 6.31. The van der Waals surface area contributed by atoms with Crippen molar-refractivity contribution in [2.24, 2.45) is 0 Å². The van der Waals surface area contributed by atoms with Gasteiger partial charge in [-0.3, -0.25) is 9.78 Å². The fourth-order valence-electron chi connectivity index (χ4n) is 2.05. The molecule has 9 heteroatoms. The molecular weight excluding hydrogens is 373 g/mol. The molecule has 0 aliphatic carbocycles. The van der Waals surface area contributed by atoms with Crippen molar-refractivity contribution < 1.29 is 27.4 Å². The van der Waals surface area contributed by atoms with E-state index >= 15 is 0 Å². The molecule has 0 radical (unpaired) electrons. The monoisotopic (exact) mass is 388 g/mol. The van der Waals surface area contributed by atoms with E-state index in [1.165, 1.54) is 37.6 Å². The third-order valence-electron chi connectivity index (χ3n) is 3.37. The molecule has 0 bridgehead atoms. The van der Waals surface area contributed by atoms with Crippen LogP contribution in [0.5, 0.6) is 11.5 Å². The summed E-state index contributed by atoms with van der Waals surface area (Å²) in [6.45, 7) is 0.296. The van der Waals surface area contributed by atoms with Crippen LogP contribution in [0.25, 0.3) is 0 Å². The lowest BCUT2D eigenvalue weighted by Crippen LogP contribution is -2.27. The van der Waals surface area contributed by atoms with Crippen molar-refractivity contribution in [2.45, 2.75) is 19.1 Å². The van der Waals surface area contributed by atoms with Gasteiger partial charge in [-0.2, -0.15) is 13.2 Å². The lowest BCUT2D eigenvalue weighted by molar-refractivity contribution is -0.153. The number of benzene rings is 1. The number of nitrogens with one attached hydrogen (secondary N) is 1. The number of ether oxygens (including phenoxy) is 2. The second kappa shape index (κ2) is 8.27. The molecule has 1 amide bonds. The summed E-state index contributed by atoms with van der Waals surface area (Å²) in [6, 6.07) is 7.01. The average Bonchev–Trinajstić information content (AvgIpc) is 2.59. The lowest BCUT2D eigenvalue weighted by atomic mass is 10.1. The molecule has 0 spiro atoms. The van der Waals surface area contributed by atoms with E-state index in [2.05, 4.69) is 15.0 Å². The molecule has 1 heterocycles. The van der Waals surface area contributed by atoms with E-state index in [1.54, 1.807) is 13.0 Å². The number of carbonyl (C=O) groups excluding carboxylic acids is 1. The minimum atomic E-state index is -4.42. The molecule has 0 saturated carbocycles. The quantitative estimate of drug-likeness (QED) is 0.806. The third kappa shape index (κ3) is 5.52. The van der Waals surface area contributed by atoms with Crippen LogP contribution in [0, 0.1) is 0 Å². The number of amides is 1. The number of pyridine rings is 1. The van der Waals surface area contributed by atoms with Crippen LogP contribution >= 0.6 is 11.6 Å². The Balaban J connectivity index is 2.00. The Morgan fingerprint density at radius 2 is 1.96 bits per heavy atom. The fourth-order valence-corrected chi connectivity index (χ4v) is 2.31. The zero-order valence-corrected chi connectivity index (χ0v) is 14.7. The minimum absolute atomic E-state index is 0.0113. The van der Waals surface area contributed by atoms with Crippen LogP contribution in [-0.4, -0.2) is 30.8 Å². The van der Waals surface area contributed by atoms with Crippen LogP contribution in [0.15, 0.2) is 36.5 Å². The molecule has 2 rings (SSSR count). The Morgan fingerprint density at radius 3 is 2.50 bits per heavy atom. The second-order valence-electron chi connectivity index (χ2n) is 5.36. The summed E-state index contributed by atoms with van der Waals surface area (Å²) < 4.78 is 46.0. The zero-order valence-electron chi connectivity index (χ0n) is 13.9. The SMILES string of the molecule is COc1ccc(C(=O)N[C@H](C)c2ccc(OCC(F)(F)F)cn2)c(Cl)c1. The minimum Gasteiger partial charge on any atom is -0.497 e. The van der Waals surface area contributed by atoms with E-state index in [0.29, 0.717) is 11.4 Å².